The third-order valence-electron chi connectivity index (χ3n) is 3.79. The second-order valence-electron chi connectivity index (χ2n) is 5.90. The van der Waals surface area contributed by atoms with Gasteiger partial charge >= 0.3 is 6.18 Å². The van der Waals surface area contributed by atoms with Crippen LogP contribution >= 0.6 is 22.7 Å². The van der Waals surface area contributed by atoms with E-state index in [0.29, 0.717) is 12.5 Å². The fourth-order valence-corrected chi connectivity index (χ4v) is 4.24. The van der Waals surface area contributed by atoms with Gasteiger partial charge in [0.25, 0.3) is 0 Å². The quantitative estimate of drug-likeness (QED) is 0.407. The molecule has 1 atom stereocenters. The van der Waals surface area contributed by atoms with E-state index in [-0.39, 0.29) is 18.1 Å². The van der Waals surface area contributed by atoms with Crippen LogP contribution in [-0.2, 0) is 12.7 Å². The summed E-state index contributed by atoms with van der Waals surface area (Å²) in [5, 5.41) is 18.8. The average Bonchev–Trinajstić information content (AvgIpc) is 3.30. The minimum Gasteiger partial charge on any atom is -0.386 e. The first-order chi connectivity index (χ1) is 13.4. The smallest absolute Gasteiger partial charge is 0.386 e. The second kappa shape index (κ2) is 8.89. The Hall–Kier alpha value is -2.17. The van der Waals surface area contributed by atoms with Gasteiger partial charge in [0, 0.05) is 28.0 Å². The molecule has 150 valence electrons. The number of guanidine groups is 1. The number of aliphatic hydroxyl groups excluding tert-OH is 1. The van der Waals surface area contributed by atoms with Crippen LogP contribution in [0.5, 0.6) is 0 Å². The number of thiazole rings is 1. The van der Waals surface area contributed by atoms with Crippen molar-refractivity contribution in [3.63, 3.8) is 0 Å². The number of thiophene rings is 1. The highest BCUT2D eigenvalue weighted by Gasteiger charge is 2.33. The van der Waals surface area contributed by atoms with Crippen molar-refractivity contribution in [3.05, 3.63) is 51.3 Å². The predicted molar refractivity (Wildman–Crippen MR) is 107 cm³/mol. The maximum absolute atomic E-state index is 12.6. The number of aliphatic imine (C=N–C) groups is 1. The van der Waals surface area contributed by atoms with Crippen LogP contribution in [0.15, 0.2) is 40.7 Å². The van der Waals surface area contributed by atoms with Crippen molar-refractivity contribution in [3.8, 4) is 0 Å². The first-order valence-electron chi connectivity index (χ1n) is 8.57. The van der Waals surface area contributed by atoms with Crippen molar-refractivity contribution in [2.45, 2.75) is 25.7 Å². The molecule has 28 heavy (non-hydrogen) atoms. The number of aliphatic hydroxyl groups is 1. The van der Waals surface area contributed by atoms with Crippen LogP contribution in [0.25, 0.3) is 10.1 Å². The Labute approximate surface area is 168 Å². The van der Waals surface area contributed by atoms with E-state index in [1.54, 1.807) is 0 Å². The summed E-state index contributed by atoms with van der Waals surface area (Å²) in [6, 6.07) is 9.83. The Morgan fingerprint density at radius 1 is 1.29 bits per heavy atom. The number of benzene rings is 1. The first-order valence-corrected chi connectivity index (χ1v) is 10.3. The number of halogens is 3. The van der Waals surface area contributed by atoms with Crippen molar-refractivity contribution >= 4 is 38.7 Å². The van der Waals surface area contributed by atoms with Gasteiger partial charge in [0.15, 0.2) is 11.7 Å². The SMILES string of the molecule is CCNC(=NCc1nc(C(F)(F)F)cs1)NCC(O)c1cc2ccccc2s1. The molecule has 2 aromatic heterocycles. The Bertz CT molecular complexity index is 919. The molecule has 0 aliphatic heterocycles. The lowest BCUT2D eigenvalue weighted by molar-refractivity contribution is -0.140. The van der Waals surface area contributed by atoms with E-state index in [1.807, 2.05) is 37.3 Å². The van der Waals surface area contributed by atoms with Gasteiger partial charge in [0.05, 0.1) is 6.54 Å². The molecule has 0 aliphatic carbocycles. The van der Waals surface area contributed by atoms with Gasteiger partial charge in [0.1, 0.15) is 11.1 Å². The molecule has 10 heteroatoms. The monoisotopic (exact) mass is 428 g/mol. The zero-order valence-electron chi connectivity index (χ0n) is 15.0. The van der Waals surface area contributed by atoms with Crippen LogP contribution in [0, 0.1) is 0 Å². The normalized spacial score (nSPS) is 13.7. The zero-order valence-corrected chi connectivity index (χ0v) is 16.6. The van der Waals surface area contributed by atoms with E-state index < -0.39 is 18.0 Å². The molecule has 0 radical (unpaired) electrons. The van der Waals surface area contributed by atoms with E-state index in [4.69, 9.17) is 0 Å². The van der Waals surface area contributed by atoms with Crippen molar-refractivity contribution in [1.29, 1.82) is 0 Å². The van der Waals surface area contributed by atoms with Gasteiger partial charge in [-0.3, -0.25) is 0 Å². The predicted octanol–water partition coefficient (Wildman–Crippen LogP) is 4.17. The van der Waals surface area contributed by atoms with Crippen molar-refractivity contribution in [2.24, 2.45) is 4.99 Å². The molecule has 5 nitrogen and oxygen atoms in total. The standard InChI is InChI=1S/C18H19F3N4OS2/c1-2-22-17(24-9-16-25-15(10-27-16)18(19,20)21)23-8-12(26)14-7-11-5-3-4-6-13(11)28-14/h3-7,10,12,26H,2,8-9H2,1H3,(H2,22,23,24). The summed E-state index contributed by atoms with van der Waals surface area (Å²) in [6.07, 6.45) is -5.17. The fraction of sp³-hybridized carbons (Fsp3) is 0.333. The lowest BCUT2D eigenvalue weighted by atomic mass is 10.2. The lowest BCUT2D eigenvalue weighted by Gasteiger charge is -2.14. The van der Waals surface area contributed by atoms with E-state index in [9.17, 15) is 18.3 Å². The molecule has 1 aromatic carbocycles. The fourth-order valence-electron chi connectivity index (χ4n) is 2.46. The maximum Gasteiger partial charge on any atom is 0.434 e. The minimum atomic E-state index is -4.45. The van der Waals surface area contributed by atoms with Crippen LogP contribution in [-0.4, -0.2) is 29.1 Å². The zero-order chi connectivity index (χ0) is 20.1. The van der Waals surface area contributed by atoms with Crippen LogP contribution in [0.3, 0.4) is 0 Å². The summed E-state index contributed by atoms with van der Waals surface area (Å²) >= 11 is 2.44. The molecule has 2 heterocycles. The Morgan fingerprint density at radius 3 is 2.75 bits per heavy atom. The third kappa shape index (κ3) is 5.21. The summed E-state index contributed by atoms with van der Waals surface area (Å²) in [5.41, 5.74) is -0.902. The van der Waals surface area contributed by atoms with Gasteiger partial charge in [-0.2, -0.15) is 13.2 Å². The number of aromatic nitrogens is 1. The molecule has 0 saturated carbocycles. The summed E-state index contributed by atoms with van der Waals surface area (Å²) in [7, 11) is 0. The molecule has 0 bridgehead atoms. The molecule has 0 spiro atoms. The van der Waals surface area contributed by atoms with E-state index >= 15 is 0 Å². The van der Waals surface area contributed by atoms with Crippen LogP contribution < -0.4 is 10.6 Å². The molecule has 1 unspecified atom stereocenters. The van der Waals surface area contributed by atoms with Gasteiger partial charge in [-0.15, -0.1) is 22.7 Å². The van der Waals surface area contributed by atoms with Crippen LogP contribution in [0.4, 0.5) is 13.2 Å². The maximum atomic E-state index is 12.6. The summed E-state index contributed by atoms with van der Waals surface area (Å²) < 4.78 is 39.0. The van der Waals surface area contributed by atoms with Gasteiger partial charge in [-0.25, -0.2) is 9.98 Å². The number of hydrogen-bond donors (Lipinski definition) is 3. The van der Waals surface area contributed by atoms with E-state index in [1.165, 1.54) is 11.3 Å². The van der Waals surface area contributed by atoms with E-state index in [0.717, 1.165) is 31.7 Å². The van der Waals surface area contributed by atoms with Crippen LogP contribution in [0.1, 0.15) is 28.6 Å². The Morgan fingerprint density at radius 2 is 2.07 bits per heavy atom. The average molecular weight is 429 g/mol. The molecule has 0 aliphatic rings. The van der Waals surface area contributed by atoms with Crippen molar-refractivity contribution in [1.82, 2.24) is 15.6 Å². The molecule has 0 saturated heterocycles. The Kier molecular flexibility index (Phi) is 6.53. The number of hydrogen-bond acceptors (Lipinski definition) is 5. The highest BCUT2D eigenvalue weighted by Crippen LogP contribution is 2.30. The number of nitrogens with zero attached hydrogens (tertiary/aromatic N) is 2. The topological polar surface area (TPSA) is 69.5 Å². The Balaban J connectivity index is 1.62. The van der Waals surface area contributed by atoms with Crippen molar-refractivity contribution < 1.29 is 18.3 Å². The largest absolute Gasteiger partial charge is 0.434 e. The molecule has 3 N–H and O–H groups in total. The highest BCUT2D eigenvalue weighted by atomic mass is 32.1. The van der Waals surface area contributed by atoms with Crippen molar-refractivity contribution in [2.75, 3.05) is 13.1 Å². The number of rotatable bonds is 6. The van der Waals surface area contributed by atoms with Gasteiger partial charge < -0.3 is 15.7 Å². The minimum absolute atomic E-state index is 0.0229. The summed E-state index contributed by atoms with van der Waals surface area (Å²) in [5.74, 6) is 0.409. The number of fused-ring (bicyclic) bond motifs is 1. The highest BCUT2D eigenvalue weighted by molar-refractivity contribution is 7.19. The molecular formula is C18H19F3N4OS2. The lowest BCUT2D eigenvalue weighted by Crippen LogP contribution is -2.39. The molecule has 0 fully saturated rings. The van der Waals surface area contributed by atoms with Crippen LogP contribution in [0.2, 0.25) is 0 Å². The molecular weight excluding hydrogens is 409 g/mol. The molecule has 0 amide bonds. The van der Waals surface area contributed by atoms with Gasteiger partial charge in [-0.05, 0) is 24.4 Å². The first kappa shape index (κ1) is 20.6. The molecule has 3 aromatic rings. The number of nitrogens with one attached hydrogen (secondary N) is 2. The summed E-state index contributed by atoms with van der Waals surface area (Å²) in [6.45, 7) is 2.71. The van der Waals surface area contributed by atoms with Gasteiger partial charge in [-0.1, -0.05) is 18.2 Å². The van der Waals surface area contributed by atoms with E-state index in [2.05, 4.69) is 20.6 Å². The third-order valence-corrected chi connectivity index (χ3v) is 5.85. The second-order valence-corrected chi connectivity index (χ2v) is 7.96. The number of alkyl halides is 3. The van der Waals surface area contributed by atoms with Gasteiger partial charge in [0.2, 0.25) is 0 Å². The summed E-state index contributed by atoms with van der Waals surface area (Å²) in [4.78, 5) is 8.65. The molecule has 3 rings (SSSR count).